The van der Waals surface area contributed by atoms with Crippen molar-refractivity contribution in [2.24, 2.45) is 5.92 Å². The summed E-state index contributed by atoms with van der Waals surface area (Å²) in [6.45, 7) is 4.93. The number of hydrogen-bond acceptors (Lipinski definition) is 9. The van der Waals surface area contributed by atoms with E-state index in [2.05, 4.69) is 5.32 Å². The van der Waals surface area contributed by atoms with E-state index in [4.69, 9.17) is 18.9 Å². The topological polar surface area (TPSA) is 117 Å². The number of nitrogens with one attached hydrogen (secondary N) is 1. The van der Waals surface area contributed by atoms with Gasteiger partial charge in [-0.2, -0.15) is 0 Å². The smallest absolute Gasteiger partial charge is 0.303 e. The predicted octanol–water partition coefficient (Wildman–Crippen LogP) is 1.96. The van der Waals surface area contributed by atoms with Gasteiger partial charge in [0.15, 0.2) is 12.2 Å². The van der Waals surface area contributed by atoms with Crippen LogP contribution in [0.1, 0.15) is 59.8 Å². The summed E-state index contributed by atoms with van der Waals surface area (Å²) in [6, 6.07) is -0.729. The molecule has 1 N–H and O–H groups in total. The van der Waals surface area contributed by atoms with Gasteiger partial charge in [-0.25, -0.2) is 0 Å². The molecule has 1 saturated carbocycles. The number of carbonyl (C=O) groups excluding carboxylic acids is 4. The van der Waals surface area contributed by atoms with Gasteiger partial charge in [-0.05, 0) is 24.5 Å². The fourth-order valence-electron chi connectivity index (χ4n) is 4.02. The number of hydrogen-bond donors (Lipinski definition) is 1. The van der Waals surface area contributed by atoms with Crippen LogP contribution in [-0.4, -0.2) is 66.0 Å². The van der Waals surface area contributed by atoms with E-state index in [1.165, 1.54) is 58.7 Å². The highest BCUT2D eigenvalue weighted by Gasteiger charge is 2.50. The molecule has 0 radical (unpaired) electrons. The quantitative estimate of drug-likeness (QED) is 0.429. The van der Waals surface area contributed by atoms with E-state index < -0.39 is 47.7 Å². The van der Waals surface area contributed by atoms with Crippen molar-refractivity contribution in [3.63, 3.8) is 0 Å². The van der Waals surface area contributed by atoms with E-state index in [-0.39, 0.29) is 12.5 Å². The van der Waals surface area contributed by atoms with Crippen LogP contribution in [0, 0.1) is 5.92 Å². The lowest BCUT2D eigenvalue weighted by molar-refractivity contribution is -0.211. The zero-order valence-electron chi connectivity index (χ0n) is 18.6. The van der Waals surface area contributed by atoms with Gasteiger partial charge >= 0.3 is 17.9 Å². The first-order chi connectivity index (χ1) is 14.7. The molecule has 2 fully saturated rings. The third-order valence-corrected chi connectivity index (χ3v) is 6.69. The third-order valence-electron chi connectivity index (χ3n) is 5.29. The molecule has 0 spiro atoms. The summed E-state index contributed by atoms with van der Waals surface area (Å²) in [5.74, 6) is -0.647. The Morgan fingerprint density at radius 2 is 1.52 bits per heavy atom. The lowest BCUT2D eigenvalue weighted by Gasteiger charge is -2.45. The maximum atomic E-state index is 11.9. The third kappa shape index (κ3) is 8.33. The monoisotopic (exact) mass is 459 g/mol. The number of ether oxygens (including phenoxy) is 4. The van der Waals surface area contributed by atoms with Gasteiger partial charge in [-0.15, -0.1) is 11.8 Å². The number of esters is 3. The summed E-state index contributed by atoms with van der Waals surface area (Å²) in [6.07, 6.45) is 3.07. The average Bonchev–Trinajstić information content (AvgIpc) is 2.68. The van der Waals surface area contributed by atoms with E-state index in [1.807, 2.05) is 0 Å². The van der Waals surface area contributed by atoms with Crippen LogP contribution >= 0.6 is 11.8 Å². The molecule has 0 unspecified atom stereocenters. The van der Waals surface area contributed by atoms with E-state index in [1.54, 1.807) is 0 Å². The Kier molecular flexibility index (Phi) is 10.1. The highest BCUT2D eigenvalue weighted by Crippen LogP contribution is 2.35. The first-order valence-corrected chi connectivity index (χ1v) is 11.7. The van der Waals surface area contributed by atoms with E-state index in [0.29, 0.717) is 5.92 Å². The summed E-state index contributed by atoms with van der Waals surface area (Å²) in [5, 5.41) is 2.80. The van der Waals surface area contributed by atoms with E-state index >= 15 is 0 Å². The number of carbonyl (C=O) groups is 4. The Labute approximate surface area is 187 Å². The SMILES string of the molecule is CC(=O)N[C@@H]1[C@@H](OC(C)=O)[C@@H](OC(C)=O)[C@@H](COC(C)=O)O[C@@H]1SCC1CCCCC1. The zero-order chi connectivity index (χ0) is 23.0. The normalized spacial score (nSPS) is 29.0. The van der Waals surface area contributed by atoms with Gasteiger partial charge in [-0.1, -0.05) is 19.3 Å². The highest BCUT2D eigenvalue weighted by molar-refractivity contribution is 7.99. The van der Waals surface area contributed by atoms with Crippen LogP contribution in [0.15, 0.2) is 0 Å². The van der Waals surface area contributed by atoms with Crippen molar-refractivity contribution in [1.29, 1.82) is 0 Å². The Hall–Kier alpha value is -1.81. The van der Waals surface area contributed by atoms with Crippen LogP contribution in [0.5, 0.6) is 0 Å². The summed E-state index contributed by atoms with van der Waals surface area (Å²) in [5.41, 5.74) is -0.567. The minimum absolute atomic E-state index is 0.168. The lowest BCUT2D eigenvalue weighted by Crippen LogP contribution is -2.65. The van der Waals surface area contributed by atoms with Crippen molar-refractivity contribution >= 4 is 35.6 Å². The molecule has 1 aliphatic carbocycles. The minimum atomic E-state index is -1.04. The molecule has 0 bridgehead atoms. The largest absolute Gasteiger partial charge is 0.463 e. The number of thioether (sulfide) groups is 1. The maximum Gasteiger partial charge on any atom is 0.303 e. The van der Waals surface area contributed by atoms with Crippen LogP contribution in [-0.2, 0) is 38.1 Å². The van der Waals surface area contributed by atoms with E-state index in [9.17, 15) is 19.2 Å². The molecule has 0 aromatic carbocycles. The van der Waals surface area contributed by atoms with Crippen molar-refractivity contribution < 1.29 is 38.1 Å². The Morgan fingerprint density at radius 1 is 0.903 bits per heavy atom. The van der Waals surface area contributed by atoms with E-state index in [0.717, 1.165) is 18.6 Å². The Morgan fingerprint density at radius 3 is 2.06 bits per heavy atom. The second-order valence-electron chi connectivity index (χ2n) is 8.06. The van der Waals surface area contributed by atoms with Crippen LogP contribution < -0.4 is 5.32 Å². The average molecular weight is 460 g/mol. The Bertz CT molecular complexity index is 651. The van der Waals surface area contributed by atoms with Crippen LogP contribution in [0.2, 0.25) is 0 Å². The summed E-state index contributed by atoms with van der Waals surface area (Å²) >= 11 is 1.53. The maximum absolute atomic E-state index is 11.9. The molecular weight excluding hydrogens is 426 g/mol. The van der Waals surface area contributed by atoms with Crippen LogP contribution in [0.25, 0.3) is 0 Å². The zero-order valence-corrected chi connectivity index (χ0v) is 19.4. The molecule has 2 aliphatic rings. The van der Waals surface area contributed by atoms with Crippen LogP contribution in [0.3, 0.4) is 0 Å². The fraction of sp³-hybridized carbons (Fsp3) is 0.810. The molecule has 5 atom stereocenters. The highest BCUT2D eigenvalue weighted by atomic mass is 32.2. The molecule has 1 aliphatic heterocycles. The lowest BCUT2D eigenvalue weighted by atomic mass is 9.91. The molecule has 0 aromatic rings. The fourth-order valence-corrected chi connectivity index (χ4v) is 5.46. The molecule has 0 aromatic heterocycles. The first kappa shape index (κ1) is 25.5. The minimum Gasteiger partial charge on any atom is -0.463 e. The molecule has 1 amide bonds. The number of rotatable bonds is 8. The molecule has 2 rings (SSSR count). The molecule has 176 valence electrons. The van der Waals surface area contributed by atoms with Gasteiger partial charge in [0.1, 0.15) is 24.2 Å². The van der Waals surface area contributed by atoms with Gasteiger partial charge in [0.25, 0.3) is 0 Å². The van der Waals surface area contributed by atoms with Gasteiger partial charge < -0.3 is 24.3 Å². The van der Waals surface area contributed by atoms with Crippen LogP contribution in [0.4, 0.5) is 0 Å². The van der Waals surface area contributed by atoms with Gasteiger partial charge in [0.05, 0.1) is 0 Å². The second-order valence-corrected chi connectivity index (χ2v) is 9.19. The van der Waals surface area contributed by atoms with Gasteiger partial charge in [0.2, 0.25) is 5.91 Å². The van der Waals surface area contributed by atoms with Gasteiger partial charge in [-0.3, -0.25) is 19.2 Å². The van der Waals surface area contributed by atoms with Crippen molar-refractivity contribution in [2.75, 3.05) is 12.4 Å². The predicted molar refractivity (Wildman–Crippen MR) is 113 cm³/mol. The standard InChI is InChI=1S/C21H33NO8S/c1-12(23)22-18-20(29-15(4)26)19(28-14(3)25)17(10-27-13(2)24)30-21(18)31-11-16-8-6-5-7-9-16/h16-21H,5-11H2,1-4H3,(H,22,23)/t17-,18-,19+,20-,21-/m1/s1. The number of amides is 1. The summed E-state index contributed by atoms with van der Waals surface area (Å²) in [4.78, 5) is 46.9. The summed E-state index contributed by atoms with van der Waals surface area (Å²) < 4.78 is 22.2. The first-order valence-electron chi connectivity index (χ1n) is 10.7. The Balaban J connectivity index is 2.28. The van der Waals surface area contributed by atoms with Crippen molar-refractivity contribution in [3.8, 4) is 0 Å². The molecule has 10 heteroatoms. The van der Waals surface area contributed by atoms with Crippen molar-refractivity contribution in [3.05, 3.63) is 0 Å². The molecule has 31 heavy (non-hydrogen) atoms. The molecular formula is C21H33NO8S. The molecule has 9 nitrogen and oxygen atoms in total. The second kappa shape index (κ2) is 12.3. The molecule has 1 heterocycles. The van der Waals surface area contributed by atoms with Crippen molar-refractivity contribution in [2.45, 2.75) is 89.6 Å². The van der Waals surface area contributed by atoms with Crippen molar-refractivity contribution in [1.82, 2.24) is 5.32 Å². The summed E-state index contributed by atoms with van der Waals surface area (Å²) in [7, 11) is 0. The molecule has 1 saturated heterocycles. The van der Waals surface area contributed by atoms with Gasteiger partial charge in [0, 0.05) is 27.7 Å².